The fraction of sp³-hybridized carbons (Fsp3) is 0.182. The molecule has 2 N–H and O–H groups in total. The molecular formula is C11H7F5N2O. The van der Waals surface area contributed by atoms with Crippen LogP contribution in [0.5, 0.6) is 0 Å². The number of nitrogens with zero attached hydrogens (tertiary/aromatic N) is 1. The summed E-state index contributed by atoms with van der Waals surface area (Å²) in [4.78, 5) is 0. The fourth-order valence-corrected chi connectivity index (χ4v) is 1.46. The third kappa shape index (κ3) is 2.38. The van der Waals surface area contributed by atoms with Gasteiger partial charge in [0.25, 0.3) is 0 Å². The number of nitrogen functional groups attached to an aromatic ring is 1. The van der Waals surface area contributed by atoms with E-state index in [0.29, 0.717) is 12.1 Å². The van der Waals surface area contributed by atoms with Crippen molar-refractivity contribution in [3.05, 3.63) is 35.9 Å². The van der Waals surface area contributed by atoms with E-state index in [-0.39, 0.29) is 17.1 Å². The molecule has 3 nitrogen and oxygen atoms in total. The predicted molar refractivity (Wildman–Crippen MR) is 56.3 cm³/mol. The molecule has 102 valence electrons. The normalized spacial score (nSPS) is 12.7. The van der Waals surface area contributed by atoms with Gasteiger partial charge >= 0.3 is 12.1 Å². The van der Waals surface area contributed by atoms with Crippen LogP contribution in [-0.2, 0) is 5.92 Å². The zero-order valence-corrected chi connectivity index (χ0v) is 9.21. The van der Waals surface area contributed by atoms with E-state index < -0.39 is 17.7 Å². The molecule has 0 spiro atoms. The van der Waals surface area contributed by atoms with E-state index in [1.165, 1.54) is 12.1 Å². The van der Waals surface area contributed by atoms with Crippen LogP contribution in [0.2, 0.25) is 0 Å². The van der Waals surface area contributed by atoms with Gasteiger partial charge in [-0.2, -0.15) is 22.0 Å². The van der Waals surface area contributed by atoms with E-state index >= 15 is 0 Å². The molecule has 0 saturated heterocycles. The number of hydrogen-bond acceptors (Lipinski definition) is 3. The molecule has 1 aromatic heterocycles. The van der Waals surface area contributed by atoms with Crippen LogP contribution >= 0.6 is 0 Å². The van der Waals surface area contributed by atoms with Gasteiger partial charge in [0.2, 0.25) is 0 Å². The molecule has 0 fully saturated rings. The summed E-state index contributed by atoms with van der Waals surface area (Å²) < 4.78 is 67.8. The highest BCUT2D eigenvalue weighted by atomic mass is 19.4. The molecule has 0 radical (unpaired) electrons. The number of aromatic nitrogens is 1. The minimum absolute atomic E-state index is 0.00276. The van der Waals surface area contributed by atoms with Crippen molar-refractivity contribution >= 4 is 5.82 Å². The predicted octanol–water partition coefficient (Wildman–Crippen LogP) is 3.58. The first kappa shape index (κ1) is 13.3. The first-order valence-electron chi connectivity index (χ1n) is 4.99. The summed E-state index contributed by atoms with van der Waals surface area (Å²) in [5.74, 6) is -4.92. The summed E-state index contributed by atoms with van der Waals surface area (Å²) in [6.45, 7) is 0. The maximum Gasteiger partial charge on any atom is 0.458 e. The first-order valence-corrected chi connectivity index (χ1v) is 4.99. The minimum atomic E-state index is -5.66. The summed E-state index contributed by atoms with van der Waals surface area (Å²) in [5.41, 5.74) is 4.14. The van der Waals surface area contributed by atoms with Crippen molar-refractivity contribution in [1.82, 2.24) is 5.16 Å². The van der Waals surface area contributed by atoms with E-state index in [9.17, 15) is 22.0 Å². The van der Waals surface area contributed by atoms with Crippen molar-refractivity contribution in [3.63, 3.8) is 0 Å². The lowest BCUT2D eigenvalue weighted by atomic mass is 10.0. The number of halogens is 5. The highest BCUT2D eigenvalue weighted by molar-refractivity contribution is 5.61. The van der Waals surface area contributed by atoms with Crippen LogP contribution in [-0.4, -0.2) is 11.3 Å². The molecule has 0 saturated carbocycles. The average molecular weight is 278 g/mol. The molecule has 0 aliphatic rings. The number of anilines is 1. The Bertz CT molecular complexity index is 591. The average Bonchev–Trinajstić information content (AvgIpc) is 2.75. The molecule has 0 amide bonds. The molecule has 0 aliphatic heterocycles. The number of nitrogens with two attached hydrogens (primary N) is 1. The number of hydrogen-bond donors (Lipinski definition) is 1. The van der Waals surface area contributed by atoms with Crippen molar-refractivity contribution in [2.45, 2.75) is 12.1 Å². The number of rotatable bonds is 2. The largest absolute Gasteiger partial charge is 0.458 e. The molecular weight excluding hydrogens is 271 g/mol. The maximum absolute atomic E-state index is 13.2. The lowest BCUT2D eigenvalue weighted by molar-refractivity contribution is -0.289. The summed E-state index contributed by atoms with van der Waals surface area (Å²) >= 11 is 0. The Hall–Kier alpha value is -2.12. The van der Waals surface area contributed by atoms with Gasteiger partial charge in [-0.25, -0.2) is 0 Å². The van der Waals surface area contributed by atoms with Crippen LogP contribution < -0.4 is 5.73 Å². The molecule has 8 heteroatoms. The van der Waals surface area contributed by atoms with Crippen molar-refractivity contribution in [3.8, 4) is 11.3 Å². The molecule has 1 heterocycles. The second-order valence-electron chi connectivity index (χ2n) is 3.77. The second-order valence-corrected chi connectivity index (χ2v) is 3.77. The molecule has 0 unspecified atom stereocenters. The highest BCUT2D eigenvalue weighted by Crippen LogP contribution is 2.44. The van der Waals surface area contributed by atoms with Crippen molar-refractivity contribution in [2.75, 3.05) is 5.73 Å². The minimum Gasteiger partial charge on any atom is -0.381 e. The molecule has 0 atom stereocenters. The van der Waals surface area contributed by atoms with Gasteiger partial charge < -0.3 is 10.3 Å². The Morgan fingerprint density at radius 2 is 1.74 bits per heavy atom. The molecule has 0 aliphatic carbocycles. The Morgan fingerprint density at radius 3 is 2.26 bits per heavy atom. The van der Waals surface area contributed by atoms with Gasteiger partial charge in [0.1, 0.15) is 0 Å². The zero-order valence-electron chi connectivity index (χ0n) is 9.21. The topological polar surface area (TPSA) is 52.0 Å². The highest BCUT2D eigenvalue weighted by Gasteiger charge is 2.58. The molecule has 2 aromatic rings. The SMILES string of the molecule is Nc1cc(-c2cccc(C(F)(F)C(F)(F)F)c2)on1. The van der Waals surface area contributed by atoms with Gasteiger partial charge in [0.15, 0.2) is 11.6 Å². The van der Waals surface area contributed by atoms with Crippen LogP contribution in [0, 0.1) is 0 Å². The fourth-order valence-electron chi connectivity index (χ4n) is 1.46. The van der Waals surface area contributed by atoms with Crippen molar-refractivity contribution in [1.29, 1.82) is 0 Å². The zero-order chi connectivity index (χ0) is 14.3. The van der Waals surface area contributed by atoms with Gasteiger partial charge in [-0.15, -0.1) is 0 Å². The van der Waals surface area contributed by atoms with Gasteiger partial charge in [-0.05, 0) is 6.07 Å². The van der Waals surface area contributed by atoms with Crippen molar-refractivity contribution in [2.24, 2.45) is 0 Å². The number of benzene rings is 1. The second kappa shape index (κ2) is 4.22. The van der Waals surface area contributed by atoms with E-state index in [1.807, 2.05) is 0 Å². The lowest BCUT2D eigenvalue weighted by Crippen LogP contribution is -2.33. The maximum atomic E-state index is 13.2. The summed E-state index contributed by atoms with van der Waals surface area (Å²) in [5, 5.41) is 3.33. The van der Waals surface area contributed by atoms with Gasteiger partial charge in [-0.3, -0.25) is 0 Å². The van der Waals surface area contributed by atoms with Crippen LogP contribution in [0.25, 0.3) is 11.3 Å². The van der Waals surface area contributed by atoms with Crippen LogP contribution in [0.15, 0.2) is 34.9 Å². The third-order valence-electron chi connectivity index (χ3n) is 2.39. The van der Waals surface area contributed by atoms with E-state index in [2.05, 4.69) is 5.16 Å². The van der Waals surface area contributed by atoms with Crippen molar-refractivity contribution < 1.29 is 26.5 Å². The quantitative estimate of drug-likeness (QED) is 0.854. The van der Waals surface area contributed by atoms with Gasteiger partial charge in [-0.1, -0.05) is 23.4 Å². The van der Waals surface area contributed by atoms with E-state index in [0.717, 1.165) is 6.07 Å². The summed E-state index contributed by atoms with van der Waals surface area (Å²) in [6.07, 6.45) is -5.66. The monoisotopic (exact) mass is 278 g/mol. The van der Waals surface area contributed by atoms with Crippen LogP contribution in [0.3, 0.4) is 0 Å². The van der Waals surface area contributed by atoms with Crippen LogP contribution in [0.4, 0.5) is 27.8 Å². The molecule has 2 rings (SSSR count). The van der Waals surface area contributed by atoms with E-state index in [1.54, 1.807) is 0 Å². The molecule has 1 aromatic carbocycles. The van der Waals surface area contributed by atoms with Crippen LogP contribution in [0.1, 0.15) is 5.56 Å². The molecule has 19 heavy (non-hydrogen) atoms. The molecule has 0 bridgehead atoms. The van der Waals surface area contributed by atoms with Gasteiger partial charge in [0, 0.05) is 17.2 Å². The Morgan fingerprint density at radius 1 is 1.05 bits per heavy atom. The summed E-state index contributed by atoms with van der Waals surface area (Å²) in [6, 6.07) is 4.99. The summed E-state index contributed by atoms with van der Waals surface area (Å²) in [7, 11) is 0. The Kier molecular flexibility index (Phi) is 2.95. The lowest BCUT2D eigenvalue weighted by Gasteiger charge is -2.20. The standard InChI is InChI=1S/C11H7F5N2O/c12-10(13,11(14,15)16)7-3-1-2-6(4-7)8-5-9(17)18-19-8/h1-5H,(H2,17,18). The first-order chi connectivity index (χ1) is 8.72. The smallest absolute Gasteiger partial charge is 0.381 e. The van der Waals surface area contributed by atoms with E-state index in [4.69, 9.17) is 10.3 Å². The number of alkyl halides is 5. The Labute approximate surface area is 103 Å². The Balaban J connectivity index is 2.46. The third-order valence-corrected chi connectivity index (χ3v) is 2.39. The van der Waals surface area contributed by atoms with Gasteiger partial charge in [0.05, 0.1) is 0 Å².